The molecule has 0 amide bonds. The van der Waals surface area contributed by atoms with E-state index in [2.05, 4.69) is 43.0 Å². The van der Waals surface area contributed by atoms with E-state index in [0.29, 0.717) is 11.2 Å². The number of fused-ring (bicyclic) bond motifs is 8. The summed E-state index contributed by atoms with van der Waals surface area (Å²) in [5.74, 6) is 0.812. The second-order valence-electron chi connectivity index (χ2n) is 11.7. The number of ether oxygens (including phenoxy) is 2. The van der Waals surface area contributed by atoms with Gasteiger partial charge in [0.25, 0.3) is 0 Å². The fourth-order valence-electron chi connectivity index (χ4n) is 6.08. The van der Waals surface area contributed by atoms with E-state index < -0.39 is 5.97 Å². The normalized spacial score (nSPS) is 21.4. The Morgan fingerprint density at radius 1 is 1.07 bits per heavy atom. The summed E-state index contributed by atoms with van der Waals surface area (Å²) >= 11 is 0. The first-order valence-electron chi connectivity index (χ1n) is 14.7. The molecule has 1 N–H and O–H groups in total. The maximum Gasteiger partial charge on any atom is 0.308 e. The second kappa shape index (κ2) is 11.2. The molecule has 3 aliphatic rings. The minimum Gasteiger partial charge on any atom is -0.490 e. The quantitative estimate of drug-likeness (QED) is 0.310. The van der Waals surface area contributed by atoms with Crippen LogP contribution >= 0.6 is 0 Å². The number of aryl methyl sites for hydroxylation is 1. The molecule has 1 unspecified atom stereocenters. The number of benzene rings is 2. The van der Waals surface area contributed by atoms with E-state index >= 15 is 0 Å². The molecular formula is C33H38N4O4. The first-order valence-corrected chi connectivity index (χ1v) is 14.7. The van der Waals surface area contributed by atoms with Crippen LogP contribution in [0.1, 0.15) is 57.2 Å². The highest BCUT2D eigenvalue weighted by Crippen LogP contribution is 2.36. The van der Waals surface area contributed by atoms with E-state index in [0.717, 1.165) is 91.4 Å². The van der Waals surface area contributed by atoms with Crippen molar-refractivity contribution in [1.29, 1.82) is 0 Å². The van der Waals surface area contributed by atoms with Gasteiger partial charge in [-0.3, -0.25) is 4.79 Å². The molecule has 2 aromatic carbocycles. The van der Waals surface area contributed by atoms with E-state index in [9.17, 15) is 9.90 Å². The number of hydrogen-bond acceptors (Lipinski definition) is 6. The topological polar surface area (TPSA) is 89.2 Å². The molecule has 1 atom stereocenters. The van der Waals surface area contributed by atoms with Crippen LogP contribution in [0.4, 0.5) is 5.82 Å². The van der Waals surface area contributed by atoms with Gasteiger partial charge >= 0.3 is 5.97 Å². The van der Waals surface area contributed by atoms with Crippen molar-refractivity contribution in [1.82, 2.24) is 14.6 Å². The standard InChI is InChI=1S/C33H38N4O4/c1-22-9-6-7-18-40-33(3)14-16-36(17-15-33)32-27(20-31(38)39)23(2)34-30-21-28(35-37(30)32)25-11-8-10-24(19-25)26-12-4-5-13-29(26)41-22/h4-5,8,10-13,19,21-22H,6-7,9,14-18,20H2,1-3H3,(H,38,39). The summed E-state index contributed by atoms with van der Waals surface area (Å²) in [6.45, 7) is 8.47. The van der Waals surface area contributed by atoms with Gasteiger partial charge in [0.05, 0.1) is 23.8 Å². The zero-order valence-electron chi connectivity index (χ0n) is 24.1. The molecule has 0 saturated carbocycles. The van der Waals surface area contributed by atoms with Crippen LogP contribution in [-0.2, 0) is 16.0 Å². The van der Waals surface area contributed by atoms with Crippen molar-refractivity contribution in [3.05, 3.63) is 65.9 Å². The minimum atomic E-state index is -0.877. The molecule has 214 valence electrons. The van der Waals surface area contributed by atoms with Gasteiger partial charge in [0.2, 0.25) is 0 Å². The number of carboxylic acids is 1. The average molecular weight is 555 g/mol. The lowest BCUT2D eigenvalue weighted by Gasteiger charge is -2.41. The Balaban J connectivity index is 1.49. The van der Waals surface area contributed by atoms with Crippen LogP contribution in [0.5, 0.6) is 5.75 Å². The highest BCUT2D eigenvalue weighted by Gasteiger charge is 2.33. The number of para-hydroxylation sites is 1. The van der Waals surface area contributed by atoms with Gasteiger partial charge in [-0.1, -0.05) is 36.4 Å². The SMILES string of the molecule is Cc1nc2cc3nn2c(c1CC(=O)O)N1CCC(C)(CC1)OCCCCC(C)Oc1ccccc1-c1cccc-3c1. The molecule has 41 heavy (non-hydrogen) atoms. The third-order valence-corrected chi connectivity index (χ3v) is 8.47. The summed E-state index contributed by atoms with van der Waals surface area (Å²) < 4.78 is 14.7. The number of carboxylic acid groups (broad SMARTS) is 1. The van der Waals surface area contributed by atoms with Crippen molar-refractivity contribution in [2.24, 2.45) is 0 Å². The van der Waals surface area contributed by atoms with Crippen molar-refractivity contribution in [3.63, 3.8) is 0 Å². The van der Waals surface area contributed by atoms with E-state index in [1.807, 2.05) is 41.8 Å². The Hall–Kier alpha value is -3.91. The molecular weight excluding hydrogens is 516 g/mol. The van der Waals surface area contributed by atoms with E-state index in [1.165, 1.54) is 0 Å². The molecule has 2 aromatic heterocycles. The largest absolute Gasteiger partial charge is 0.490 e. The molecule has 4 aromatic rings. The maximum atomic E-state index is 11.9. The van der Waals surface area contributed by atoms with E-state index in [1.54, 1.807) is 0 Å². The van der Waals surface area contributed by atoms with Crippen LogP contribution in [0.2, 0.25) is 0 Å². The van der Waals surface area contributed by atoms with Crippen molar-refractivity contribution in [3.8, 4) is 28.1 Å². The van der Waals surface area contributed by atoms with Crippen LogP contribution in [0.3, 0.4) is 0 Å². The highest BCUT2D eigenvalue weighted by atomic mass is 16.5. The summed E-state index contributed by atoms with van der Waals surface area (Å²) in [6.07, 6.45) is 4.68. The number of piperidine rings is 1. The van der Waals surface area contributed by atoms with E-state index in [-0.39, 0.29) is 18.1 Å². The first kappa shape index (κ1) is 27.3. The fourth-order valence-corrected chi connectivity index (χ4v) is 6.08. The first-order chi connectivity index (χ1) is 19.8. The molecule has 0 spiro atoms. The van der Waals surface area contributed by atoms with Crippen molar-refractivity contribution in [2.45, 2.75) is 71.0 Å². The molecule has 3 aliphatic heterocycles. The highest BCUT2D eigenvalue weighted by molar-refractivity contribution is 5.78. The molecule has 8 nitrogen and oxygen atoms in total. The molecule has 1 fully saturated rings. The van der Waals surface area contributed by atoms with Crippen LogP contribution in [0, 0.1) is 6.92 Å². The summed E-state index contributed by atoms with van der Waals surface area (Å²) in [6, 6.07) is 18.5. The lowest BCUT2D eigenvalue weighted by atomic mass is 9.92. The summed E-state index contributed by atoms with van der Waals surface area (Å²) in [7, 11) is 0. The van der Waals surface area contributed by atoms with Crippen molar-refractivity contribution >= 4 is 17.4 Å². The van der Waals surface area contributed by atoms with E-state index in [4.69, 9.17) is 19.6 Å². The van der Waals surface area contributed by atoms with Gasteiger partial charge in [0.15, 0.2) is 5.65 Å². The molecule has 0 radical (unpaired) electrons. The Labute approximate surface area is 240 Å². The van der Waals surface area contributed by atoms with Crippen LogP contribution in [0.15, 0.2) is 54.6 Å². The summed E-state index contributed by atoms with van der Waals surface area (Å²) in [5.41, 5.74) is 5.78. The van der Waals surface area contributed by atoms with Crippen LogP contribution in [-0.4, -0.2) is 57.1 Å². The minimum absolute atomic E-state index is 0.0925. The third kappa shape index (κ3) is 5.66. The molecule has 0 aliphatic carbocycles. The van der Waals surface area contributed by atoms with Crippen LogP contribution < -0.4 is 9.64 Å². The van der Waals surface area contributed by atoms with Crippen LogP contribution in [0.25, 0.3) is 28.0 Å². The van der Waals surface area contributed by atoms with Gasteiger partial charge in [-0.25, -0.2) is 4.98 Å². The lowest BCUT2D eigenvalue weighted by molar-refractivity contribution is -0.136. The number of anilines is 1. The maximum absolute atomic E-state index is 11.9. The fraction of sp³-hybridized carbons (Fsp3) is 0.424. The number of aromatic nitrogens is 3. The van der Waals surface area contributed by atoms with Gasteiger partial charge in [0, 0.05) is 48.1 Å². The number of hydrogen-bond donors (Lipinski definition) is 1. The van der Waals surface area contributed by atoms with Gasteiger partial charge in [-0.15, -0.1) is 0 Å². The smallest absolute Gasteiger partial charge is 0.308 e. The second-order valence-corrected chi connectivity index (χ2v) is 11.7. The third-order valence-electron chi connectivity index (χ3n) is 8.47. The monoisotopic (exact) mass is 554 g/mol. The van der Waals surface area contributed by atoms with Crippen molar-refractivity contribution < 1.29 is 19.4 Å². The van der Waals surface area contributed by atoms with Gasteiger partial charge in [0.1, 0.15) is 11.6 Å². The molecule has 5 heterocycles. The zero-order chi connectivity index (χ0) is 28.6. The van der Waals surface area contributed by atoms with Gasteiger partial charge in [-0.2, -0.15) is 9.61 Å². The molecule has 7 rings (SSSR count). The van der Waals surface area contributed by atoms with Gasteiger partial charge in [-0.05, 0) is 70.6 Å². The summed E-state index contributed by atoms with van der Waals surface area (Å²) in [4.78, 5) is 19.0. The molecule has 1 saturated heterocycles. The zero-order valence-corrected chi connectivity index (χ0v) is 24.1. The number of carbonyl (C=O) groups is 1. The van der Waals surface area contributed by atoms with Crippen molar-refractivity contribution in [2.75, 3.05) is 24.6 Å². The Morgan fingerprint density at radius 3 is 2.66 bits per heavy atom. The molecule has 8 heteroatoms. The average Bonchev–Trinajstić information content (AvgIpc) is 3.37. The Bertz CT molecular complexity index is 1570. The Kier molecular flexibility index (Phi) is 7.43. The number of aliphatic carboxylic acids is 1. The van der Waals surface area contributed by atoms with Gasteiger partial charge < -0.3 is 19.5 Å². The Morgan fingerprint density at radius 2 is 1.85 bits per heavy atom. The summed E-state index contributed by atoms with van der Waals surface area (Å²) in [5, 5.41) is 14.8. The lowest BCUT2D eigenvalue weighted by Crippen LogP contribution is -2.45. The number of rotatable bonds is 2. The number of nitrogens with zero attached hydrogens (tertiary/aromatic N) is 4. The molecule has 6 bridgehead atoms. The predicted molar refractivity (Wildman–Crippen MR) is 160 cm³/mol. The predicted octanol–water partition coefficient (Wildman–Crippen LogP) is 6.33.